The van der Waals surface area contributed by atoms with Crippen molar-refractivity contribution in [2.75, 3.05) is 19.6 Å². The van der Waals surface area contributed by atoms with Gasteiger partial charge in [-0.3, -0.25) is 4.79 Å². The van der Waals surface area contributed by atoms with Crippen molar-refractivity contribution >= 4 is 5.91 Å². The van der Waals surface area contributed by atoms with Crippen molar-refractivity contribution in [3.8, 4) is 0 Å². The van der Waals surface area contributed by atoms with Gasteiger partial charge in [-0.15, -0.1) is 0 Å². The number of hydrogen-bond donors (Lipinski definition) is 1. The van der Waals surface area contributed by atoms with Crippen LogP contribution in [-0.2, 0) is 4.79 Å². The van der Waals surface area contributed by atoms with E-state index >= 15 is 0 Å². The van der Waals surface area contributed by atoms with Crippen LogP contribution in [0.3, 0.4) is 0 Å². The van der Waals surface area contributed by atoms with Gasteiger partial charge in [0.15, 0.2) is 0 Å². The van der Waals surface area contributed by atoms with E-state index in [-0.39, 0.29) is 0 Å². The largest absolute Gasteiger partial charge is 0.340 e. The number of hydrogen-bond acceptors (Lipinski definition) is 2. The van der Waals surface area contributed by atoms with Crippen molar-refractivity contribution in [3.05, 3.63) is 0 Å². The highest BCUT2D eigenvalue weighted by atomic mass is 16.2. The number of amides is 1. The van der Waals surface area contributed by atoms with Crippen molar-refractivity contribution < 1.29 is 4.79 Å². The van der Waals surface area contributed by atoms with Gasteiger partial charge in [0.05, 0.1) is 0 Å². The van der Waals surface area contributed by atoms with E-state index in [1.165, 1.54) is 25.7 Å². The molecule has 0 spiro atoms. The van der Waals surface area contributed by atoms with Crippen molar-refractivity contribution in [2.24, 2.45) is 11.8 Å². The first-order chi connectivity index (χ1) is 8.20. The highest BCUT2D eigenvalue weighted by molar-refractivity contribution is 5.79. The molecular formula is C14H26N2O. The van der Waals surface area contributed by atoms with E-state index in [9.17, 15) is 4.79 Å². The summed E-state index contributed by atoms with van der Waals surface area (Å²) in [5.74, 6) is 1.37. The highest BCUT2D eigenvalue weighted by Gasteiger charge is 2.34. The molecule has 3 heteroatoms. The summed E-state index contributed by atoms with van der Waals surface area (Å²) in [6, 6.07) is 0.366. The minimum atomic E-state index is 0.307. The Balaban J connectivity index is 2.05. The molecule has 1 N–H and O–H groups in total. The maximum atomic E-state index is 12.6. The van der Waals surface area contributed by atoms with Crippen LogP contribution in [-0.4, -0.2) is 36.5 Å². The smallest absolute Gasteiger partial charge is 0.226 e. The zero-order chi connectivity index (χ0) is 12.3. The molecule has 0 aromatic heterocycles. The van der Waals surface area contributed by atoms with Crippen LogP contribution < -0.4 is 5.32 Å². The lowest BCUT2D eigenvalue weighted by Crippen LogP contribution is -2.44. The van der Waals surface area contributed by atoms with Crippen LogP contribution in [0, 0.1) is 11.8 Å². The zero-order valence-corrected chi connectivity index (χ0v) is 11.2. The van der Waals surface area contributed by atoms with Crippen molar-refractivity contribution in [1.82, 2.24) is 10.2 Å². The standard InChI is InChI=1S/C14H26N2O/c1-11(2)16-10-4-3-5-13(14(16)17)12-6-8-15-9-7-12/h11-13,15H,3-10H2,1-2H3/t13-/m1/s1. The summed E-state index contributed by atoms with van der Waals surface area (Å²) >= 11 is 0. The molecule has 98 valence electrons. The summed E-state index contributed by atoms with van der Waals surface area (Å²) in [6.45, 7) is 7.44. The molecule has 2 fully saturated rings. The van der Waals surface area contributed by atoms with Crippen LogP contribution in [0.2, 0.25) is 0 Å². The lowest BCUT2D eigenvalue weighted by molar-refractivity contribution is -0.138. The molecule has 3 nitrogen and oxygen atoms in total. The van der Waals surface area contributed by atoms with E-state index in [1.54, 1.807) is 0 Å². The second-order valence-electron chi connectivity index (χ2n) is 5.82. The molecule has 2 rings (SSSR count). The van der Waals surface area contributed by atoms with Gasteiger partial charge in [-0.05, 0) is 58.5 Å². The maximum absolute atomic E-state index is 12.6. The molecule has 2 aliphatic heterocycles. The SMILES string of the molecule is CC(C)N1CCCC[C@H](C2CCNCC2)C1=O. The normalized spacial score (nSPS) is 28.5. The molecule has 0 aromatic carbocycles. The number of nitrogens with one attached hydrogen (secondary N) is 1. The number of nitrogens with zero attached hydrogens (tertiary/aromatic N) is 1. The number of likely N-dealkylation sites (tertiary alicyclic amines) is 1. The third kappa shape index (κ3) is 3.01. The molecule has 0 aromatic rings. The number of piperidine rings is 1. The average Bonchev–Trinajstić information content (AvgIpc) is 2.52. The average molecular weight is 238 g/mol. The topological polar surface area (TPSA) is 32.3 Å². The van der Waals surface area contributed by atoms with E-state index in [1.807, 2.05) is 0 Å². The molecule has 17 heavy (non-hydrogen) atoms. The second kappa shape index (κ2) is 5.85. The molecule has 2 heterocycles. The van der Waals surface area contributed by atoms with Crippen molar-refractivity contribution in [2.45, 2.75) is 52.0 Å². The molecule has 2 saturated heterocycles. The van der Waals surface area contributed by atoms with Crippen LogP contribution in [0.15, 0.2) is 0 Å². The van der Waals surface area contributed by atoms with Gasteiger partial charge >= 0.3 is 0 Å². The Morgan fingerprint density at radius 1 is 1.18 bits per heavy atom. The van der Waals surface area contributed by atoms with E-state index in [4.69, 9.17) is 0 Å². The summed E-state index contributed by atoms with van der Waals surface area (Å²) in [7, 11) is 0. The Morgan fingerprint density at radius 3 is 2.53 bits per heavy atom. The van der Waals surface area contributed by atoms with Gasteiger partial charge in [0.2, 0.25) is 5.91 Å². The number of carbonyl (C=O) groups excluding carboxylic acids is 1. The lowest BCUT2D eigenvalue weighted by Gasteiger charge is -2.33. The predicted octanol–water partition coefficient (Wildman–Crippen LogP) is 2.02. The van der Waals surface area contributed by atoms with Gasteiger partial charge in [0.1, 0.15) is 0 Å². The first kappa shape index (κ1) is 12.9. The summed E-state index contributed by atoms with van der Waals surface area (Å²) in [4.78, 5) is 14.7. The number of rotatable bonds is 2. The first-order valence-electron chi connectivity index (χ1n) is 7.21. The maximum Gasteiger partial charge on any atom is 0.226 e. The summed E-state index contributed by atoms with van der Waals surface area (Å²) in [6.07, 6.45) is 5.90. The van der Waals surface area contributed by atoms with Gasteiger partial charge < -0.3 is 10.2 Å². The monoisotopic (exact) mass is 238 g/mol. The third-order valence-electron chi connectivity index (χ3n) is 4.34. The van der Waals surface area contributed by atoms with Gasteiger partial charge in [0, 0.05) is 18.5 Å². The van der Waals surface area contributed by atoms with Crippen LogP contribution in [0.25, 0.3) is 0 Å². The highest BCUT2D eigenvalue weighted by Crippen LogP contribution is 2.31. The van der Waals surface area contributed by atoms with Crippen LogP contribution in [0.4, 0.5) is 0 Å². The Hall–Kier alpha value is -0.570. The molecule has 0 radical (unpaired) electrons. The molecule has 0 saturated carbocycles. The Bertz CT molecular complexity index is 259. The summed E-state index contributed by atoms with van der Waals surface area (Å²) in [5, 5.41) is 3.39. The van der Waals surface area contributed by atoms with Gasteiger partial charge in [-0.2, -0.15) is 0 Å². The predicted molar refractivity (Wildman–Crippen MR) is 69.8 cm³/mol. The van der Waals surface area contributed by atoms with E-state index in [0.29, 0.717) is 23.8 Å². The molecule has 0 bridgehead atoms. The van der Waals surface area contributed by atoms with E-state index in [0.717, 1.165) is 26.1 Å². The molecule has 0 unspecified atom stereocenters. The van der Waals surface area contributed by atoms with E-state index < -0.39 is 0 Å². The molecule has 1 amide bonds. The zero-order valence-electron chi connectivity index (χ0n) is 11.2. The molecule has 2 aliphatic rings. The lowest BCUT2D eigenvalue weighted by atomic mass is 9.81. The van der Waals surface area contributed by atoms with Crippen LogP contribution in [0.5, 0.6) is 0 Å². The Kier molecular flexibility index (Phi) is 4.43. The summed E-state index contributed by atoms with van der Waals surface area (Å²) in [5.41, 5.74) is 0. The van der Waals surface area contributed by atoms with Gasteiger partial charge in [-0.1, -0.05) is 6.42 Å². The molecule has 0 aliphatic carbocycles. The minimum Gasteiger partial charge on any atom is -0.340 e. The molecular weight excluding hydrogens is 212 g/mol. The fourth-order valence-corrected chi connectivity index (χ4v) is 3.29. The quantitative estimate of drug-likeness (QED) is 0.798. The number of carbonyl (C=O) groups is 1. The van der Waals surface area contributed by atoms with Crippen LogP contribution >= 0.6 is 0 Å². The van der Waals surface area contributed by atoms with Gasteiger partial charge in [-0.25, -0.2) is 0 Å². The fraction of sp³-hybridized carbons (Fsp3) is 0.929. The first-order valence-corrected chi connectivity index (χ1v) is 7.21. The minimum absolute atomic E-state index is 0.307. The van der Waals surface area contributed by atoms with E-state index in [2.05, 4.69) is 24.1 Å². The van der Waals surface area contributed by atoms with Crippen molar-refractivity contribution in [1.29, 1.82) is 0 Å². The van der Waals surface area contributed by atoms with Crippen molar-refractivity contribution in [3.63, 3.8) is 0 Å². The molecule has 1 atom stereocenters. The third-order valence-corrected chi connectivity index (χ3v) is 4.34. The Morgan fingerprint density at radius 2 is 1.88 bits per heavy atom. The second-order valence-corrected chi connectivity index (χ2v) is 5.82. The fourth-order valence-electron chi connectivity index (χ4n) is 3.29. The van der Waals surface area contributed by atoms with Gasteiger partial charge in [0.25, 0.3) is 0 Å². The summed E-state index contributed by atoms with van der Waals surface area (Å²) < 4.78 is 0. The Labute approximate surface area is 105 Å². The van der Waals surface area contributed by atoms with Crippen LogP contribution in [0.1, 0.15) is 46.0 Å².